The van der Waals surface area contributed by atoms with Crippen LogP contribution in [0.5, 0.6) is 0 Å². The molecule has 210 valence electrons. The van der Waals surface area contributed by atoms with Crippen molar-refractivity contribution in [2.75, 3.05) is 0 Å². The molecule has 0 bridgehead atoms. The van der Waals surface area contributed by atoms with Gasteiger partial charge in [-0.25, -0.2) is 5.01 Å². The summed E-state index contributed by atoms with van der Waals surface area (Å²) >= 11 is 1.61. The number of rotatable bonds is 7. The van der Waals surface area contributed by atoms with Crippen molar-refractivity contribution in [1.29, 1.82) is 0 Å². The van der Waals surface area contributed by atoms with Crippen LogP contribution in [0.1, 0.15) is 61.9 Å². The van der Waals surface area contributed by atoms with Gasteiger partial charge in [0.25, 0.3) is 11.8 Å². The summed E-state index contributed by atoms with van der Waals surface area (Å²) in [5, 5.41) is 15.6. The van der Waals surface area contributed by atoms with Crippen LogP contribution in [0.15, 0.2) is 127 Å². The van der Waals surface area contributed by atoms with Crippen LogP contribution in [0, 0.1) is 0 Å². The topological polar surface area (TPSA) is 69.6 Å². The molecule has 1 aliphatic rings. The van der Waals surface area contributed by atoms with E-state index in [2.05, 4.69) is 5.43 Å². The van der Waals surface area contributed by atoms with Crippen molar-refractivity contribution < 1.29 is 14.7 Å². The van der Waals surface area contributed by atoms with Gasteiger partial charge in [-0.05, 0) is 53.5 Å². The van der Waals surface area contributed by atoms with Gasteiger partial charge in [-0.3, -0.25) is 15.0 Å². The fourth-order valence-electron chi connectivity index (χ4n) is 5.77. The third-order valence-corrected chi connectivity index (χ3v) is 9.02. The second-order valence-corrected chi connectivity index (χ2v) is 11.5. The number of aliphatic hydroxyl groups is 1. The number of carbonyl (C=O) groups excluding carboxylic acids is 2. The Kier molecular flexibility index (Phi) is 8.00. The molecule has 0 fully saturated rings. The number of thiophene rings is 1. The first-order valence-corrected chi connectivity index (χ1v) is 15.1. The van der Waals surface area contributed by atoms with Crippen LogP contribution in [-0.2, 0) is 23.2 Å². The van der Waals surface area contributed by atoms with Gasteiger partial charge < -0.3 is 5.11 Å². The van der Waals surface area contributed by atoms with E-state index in [1.807, 2.05) is 78.2 Å². The van der Waals surface area contributed by atoms with Crippen LogP contribution >= 0.6 is 11.3 Å². The molecular formula is C36H32N2O3S. The molecule has 0 radical (unpaired) electrons. The predicted octanol–water partition coefficient (Wildman–Crippen LogP) is 6.83. The maximum Gasteiger partial charge on any atom is 0.279 e. The molecule has 5 aromatic rings. The lowest BCUT2D eigenvalue weighted by Crippen LogP contribution is -2.55. The van der Waals surface area contributed by atoms with E-state index in [4.69, 9.17) is 0 Å². The maximum absolute atomic E-state index is 14.6. The summed E-state index contributed by atoms with van der Waals surface area (Å²) in [6, 6.07) is 36.4. The Bertz CT molecular complexity index is 1570. The number of nitrogens with one attached hydrogen (secondary N) is 1. The monoisotopic (exact) mass is 572 g/mol. The van der Waals surface area contributed by atoms with E-state index in [-0.39, 0.29) is 5.91 Å². The molecule has 4 aromatic carbocycles. The Hall–Kier alpha value is -4.52. The van der Waals surface area contributed by atoms with Crippen molar-refractivity contribution in [3.8, 4) is 0 Å². The van der Waals surface area contributed by atoms with Gasteiger partial charge in [0.05, 0.1) is 5.56 Å². The van der Waals surface area contributed by atoms with Gasteiger partial charge in [-0.15, -0.1) is 11.3 Å². The van der Waals surface area contributed by atoms with E-state index < -0.39 is 17.6 Å². The van der Waals surface area contributed by atoms with Crippen LogP contribution in [0.2, 0.25) is 0 Å². The SMILES string of the molecule is O=C(c1csc2c1CCCC2)N(NC(=O)C(O)(c1ccccc1)c1ccccc1)C(c1ccccc1)c1ccccc1. The minimum Gasteiger partial charge on any atom is -0.372 e. The van der Waals surface area contributed by atoms with E-state index in [0.717, 1.165) is 42.4 Å². The van der Waals surface area contributed by atoms with Crippen LogP contribution in [0.3, 0.4) is 0 Å². The summed E-state index contributed by atoms with van der Waals surface area (Å²) in [7, 11) is 0. The Morgan fingerprint density at radius 1 is 0.714 bits per heavy atom. The lowest BCUT2D eigenvalue weighted by atomic mass is 9.85. The fraction of sp³-hybridized carbons (Fsp3) is 0.167. The average Bonchev–Trinajstić information content (AvgIpc) is 3.50. The highest BCUT2D eigenvalue weighted by Gasteiger charge is 2.43. The molecule has 2 amide bonds. The second-order valence-electron chi connectivity index (χ2n) is 10.5. The number of carbonyl (C=O) groups is 2. The molecule has 1 aliphatic carbocycles. The summed E-state index contributed by atoms with van der Waals surface area (Å²) in [5.41, 5.74) is 5.06. The molecule has 0 saturated carbocycles. The van der Waals surface area contributed by atoms with Crippen molar-refractivity contribution in [1.82, 2.24) is 10.4 Å². The summed E-state index contributed by atoms with van der Waals surface area (Å²) < 4.78 is 0. The number of hydrogen-bond acceptors (Lipinski definition) is 4. The van der Waals surface area contributed by atoms with Crippen molar-refractivity contribution >= 4 is 23.2 Å². The number of amides is 2. The van der Waals surface area contributed by atoms with E-state index >= 15 is 0 Å². The van der Waals surface area contributed by atoms with Gasteiger partial charge in [-0.1, -0.05) is 121 Å². The molecule has 6 heteroatoms. The molecule has 1 aromatic heterocycles. The first-order chi connectivity index (χ1) is 20.6. The van der Waals surface area contributed by atoms with E-state index in [9.17, 15) is 14.7 Å². The van der Waals surface area contributed by atoms with Crippen LogP contribution < -0.4 is 5.43 Å². The minimum absolute atomic E-state index is 0.302. The standard InChI is InChI=1S/C36H32N2O3S/c39-34(31-25-42-32-24-14-13-23-30(31)32)38(33(26-15-5-1-6-16-26)27-17-7-2-8-18-27)37-35(40)36(41,28-19-9-3-10-20-28)29-21-11-4-12-22-29/h1-12,15-22,25,33,41H,13-14,23-24H2,(H,37,40). The molecule has 0 saturated heterocycles. The molecule has 0 aliphatic heterocycles. The number of benzene rings is 4. The van der Waals surface area contributed by atoms with E-state index in [1.54, 1.807) is 59.9 Å². The summed E-state index contributed by atoms with van der Waals surface area (Å²) in [6.07, 6.45) is 3.93. The molecular weight excluding hydrogens is 540 g/mol. The highest BCUT2D eigenvalue weighted by molar-refractivity contribution is 7.10. The van der Waals surface area contributed by atoms with Crippen molar-refractivity contribution in [2.45, 2.75) is 37.3 Å². The number of fused-ring (bicyclic) bond motifs is 1. The second kappa shape index (κ2) is 12.1. The van der Waals surface area contributed by atoms with Crippen LogP contribution in [0.25, 0.3) is 0 Å². The zero-order chi connectivity index (χ0) is 28.9. The van der Waals surface area contributed by atoms with Crippen molar-refractivity contribution in [2.24, 2.45) is 0 Å². The minimum atomic E-state index is -2.05. The third-order valence-electron chi connectivity index (χ3n) is 7.93. The van der Waals surface area contributed by atoms with Gasteiger partial charge in [-0.2, -0.15) is 0 Å². The van der Waals surface area contributed by atoms with Crippen LogP contribution in [-0.4, -0.2) is 21.9 Å². The third kappa shape index (κ3) is 5.27. The molecule has 0 atom stereocenters. The lowest BCUT2D eigenvalue weighted by molar-refractivity contribution is -0.141. The molecule has 0 spiro atoms. The highest BCUT2D eigenvalue weighted by atomic mass is 32.1. The Morgan fingerprint density at radius 3 is 1.71 bits per heavy atom. The Morgan fingerprint density at radius 2 is 1.19 bits per heavy atom. The normalized spacial score (nSPS) is 12.9. The fourth-order valence-corrected chi connectivity index (χ4v) is 6.89. The number of nitrogens with zero attached hydrogens (tertiary/aromatic N) is 1. The van der Waals surface area contributed by atoms with Gasteiger partial charge in [0, 0.05) is 10.3 Å². The van der Waals surface area contributed by atoms with Gasteiger partial charge in [0.15, 0.2) is 5.60 Å². The van der Waals surface area contributed by atoms with Crippen molar-refractivity contribution in [3.05, 3.63) is 165 Å². The molecule has 5 nitrogen and oxygen atoms in total. The lowest BCUT2D eigenvalue weighted by Gasteiger charge is -2.36. The maximum atomic E-state index is 14.6. The first kappa shape index (κ1) is 27.6. The molecule has 0 unspecified atom stereocenters. The van der Waals surface area contributed by atoms with E-state index in [1.165, 1.54) is 9.89 Å². The Labute approximate surface area is 250 Å². The van der Waals surface area contributed by atoms with Gasteiger partial charge in [0.1, 0.15) is 6.04 Å². The Balaban J connectivity index is 1.50. The quantitative estimate of drug-likeness (QED) is 0.210. The molecule has 6 rings (SSSR count). The zero-order valence-corrected chi connectivity index (χ0v) is 24.0. The first-order valence-electron chi connectivity index (χ1n) is 14.2. The zero-order valence-electron chi connectivity index (χ0n) is 23.1. The van der Waals surface area contributed by atoms with Gasteiger partial charge in [0.2, 0.25) is 0 Å². The van der Waals surface area contributed by atoms with Crippen LogP contribution in [0.4, 0.5) is 0 Å². The highest BCUT2D eigenvalue weighted by Crippen LogP contribution is 2.36. The van der Waals surface area contributed by atoms with Crippen molar-refractivity contribution in [3.63, 3.8) is 0 Å². The average molecular weight is 573 g/mol. The summed E-state index contributed by atoms with van der Waals surface area (Å²) in [5.74, 6) is -1.02. The van der Waals surface area contributed by atoms with E-state index in [0.29, 0.717) is 16.7 Å². The molecule has 42 heavy (non-hydrogen) atoms. The predicted molar refractivity (Wildman–Crippen MR) is 166 cm³/mol. The molecule has 1 heterocycles. The number of hydrogen-bond donors (Lipinski definition) is 2. The summed E-state index contributed by atoms with van der Waals surface area (Å²) in [6.45, 7) is 0. The van der Waals surface area contributed by atoms with Gasteiger partial charge >= 0.3 is 0 Å². The number of hydrazine groups is 1. The molecule has 2 N–H and O–H groups in total. The smallest absolute Gasteiger partial charge is 0.279 e. The summed E-state index contributed by atoms with van der Waals surface area (Å²) in [4.78, 5) is 30.3. The largest absolute Gasteiger partial charge is 0.372 e. The number of aryl methyl sites for hydroxylation is 1.